The van der Waals surface area contributed by atoms with Crippen molar-refractivity contribution in [2.75, 3.05) is 25.6 Å². The highest BCUT2D eigenvalue weighted by atomic mass is 19.2. The summed E-state index contributed by atoms with van der Waals surface area (Å²) in [5.41, 5.74) is 0.277. The van der Waals surface area contributed by atoms with Crippen molar-refractivity contribution in [2.24, 2.45) is 0 Å². The van der Waals surface area contributed by atoms with Gasteiger partial charge in [-0.15, -0.1) is 0 Å². The first-order valence-electron chi connectivity index (χ1n) is 7.72. The van der Waals surface area contributed by atoms with Gasteiger partial charge in [0.15, 0.2) is 18.2 Å². The average molecular weight is 378 g/mol. The number of methoxy groups -OCH3 is 1. The first-order valence-corrected chi connectivity index (χ1v) is 7.72. The van der Waals surface area contributed by atoms with Gasteiger partial charge in [0, 0.05) is 11.8 Å². The highest BCUT2D eigenvalue weighted by molar-refractivity contribution is 5.95. The molecule has 2 aromatic rings. The van der Waals surface area contributed by atoms with Crippen LogP contribution in [0.1, 0.15) is 10.4 Å². The molecule has 2 amide bonds. The fourth-order valence-corrected chi connectivity index (χ4v) is 1.95. The summed E-state index contributed by atoms with van der Waals surface area (Å²) in [6.07, 6.45) is 0. The van der Waals surface area contributed by atoms with Crippen LogP contribution in [0, 0.1) is 11.6 Å². The maximum atomic E-state index is 13.1. The van der Waals surface area contributed by atoms with Crippen molar-refractivity contribution in [3.8, 4) is 5.75 Å². The van der Waals surface area contributed by atoms with Crippen LogP contribution >= 0.6 is 0 Å². The van der Waals surface area contributed by atoms with Crippen LogP contribution in [0.25, 0.3) is 0 Å². The predicted octanol–water partition coefficient (Wildman–Crippen LogP) is 1.89. The van der Waals surface area contributed by atoms with Gasteiger partial charge in [0.05, 0.1) is 19.2 Å². The van der Waals surface area contributed by atoms with E-state index in [4.69, 9.17) is 9.47 Å². The van der Waals surface area contributed by atoms with Crippen LogP contribution in [0.15, 0.2) is 42.5 Å². The molecule has 0 atom stereocenters. The molecule has 0 fully saturated rings. The van der Waals surface area contributed by atoms with Crippen molar-refractivity contribution in [1.29, 1.82) is 0 Å². The van der Waals surface area contributed by atoms with E-state index in [1.54, 1.807) is 12.1 Å². The number of nitrogens with one attached hydrogen (secondary N) is 2. The lowest BCUT2D eigenvalue weighted by Crippen LogP contribution is -2.35. The molecule has 0 saturated carbocycles. The molecular weight excluding hydrogens is 362 g/mol. The van der Waals surface area contributed by atoms with Crippen LogP contribution in [-0.4, -0.2) is 38.0 Å². The maximum absolute atomic E-state index is 13.1. The molecule has 0 bridgehead atoms. The Hall–Kier alpha value is -3.49. The highest BCUT2D eigenvalue weighted by Gasteiger charge is 2.12. The molecule has 0 unspecified atom stereocenters. The van der Waals surface area contributed by atoms with E-state index < -0.39 is 42.6 Å². The fraction of sp³-hybridized carbons (Fsp3) is 0.167. The van der Waals surface area contributed by atoms with Gasteiger partial charge in [0.2, 0.25) is 5.91 Å². The minimum Gasteiger partial charge on any atom is -0.497 e. The maximum Gasteiger partial charge on any atom is 0.338 e. The molecule has 0 saturated heterocycles. The van der Waals surface area contributed by atoms with E-state index in [2.05, 4.69) is 10.6 Å². The van der Waals surface area contributed by atoms with Gasteiger partial charge in [0.25, 0.3) is 5.91 Å². The monoisotopic (exact) mass is 378 g/mol. The number of anilines is 1. The van der Waals surface area contributed by atoms with Gasteiger partial charge in [-0.05, 0) is 36.4 Å². The van der Waals surface area contributed by atoms with Crippen LogP contribution in [0.2, 0.25) is 0 Å². The van der Waals surface area contributed by atoms with Gasteiger partial charge in [-0.25, -0.2) is 13.6 Å². The third kappa shape index (κ3) is 6.07. The van der Waals surface area contributed by atoms with Gasteiger partial charge in [-0.2, -0.15) is 0 Å². The van der Waals surface area contributed by atoms with E-state index in [9.17, 15) is 23.2 Å². The Morgan fingerprint density at radius 1 is 0.963 bits per heavy atom. The summed E-state index contributed by atoms with van der Waals surface area (Å²) in [4.78, 5) is 35.1. The number of amides is 2. The lowest BCUT2D eigenvalue weighted by molar-refractivity contribution is -0.126. The van der Waals surface area contributed by atoms with Crippen LogP contribution in [0.3, 0.4) is 0 Å². The largest absolute Gasteiger partial charge is 0.497 e. The molecule has 0 aromatic heterocycles. The van der Waals surface area contributed by atoms with Crippen molar-refractivity contribution >= 4 is 23.5 Å². The number of rotatable bonds is 7. The SMILES string of the molecule is COc1ccc(C(=O)OCC(=O)NCC(=O)Nc2ccc(F)c(F)c2)cc1. The van der Waals surface area contributed by atoms with E-state index in [0.717, 1.165) is 12.1 Å². The Balaban J connectivity index is 1.74. The Labute approximate surface area is 153 Å². The van der Waals surface area contributed by atoms with Gasteiger partial charge in [-0.3, -0.25) is 9.59 Å². The van der Waals surface area contributed by atoms with Crippen LogP contribution < -0.4 is 15.4 Å². The summed E-state index contributed by atoms with van der Waals surface area (Å²) in [7, 11) is 1.49. The summed E-state index contributed by atoms with van der Waals surface area (Å²) in [6, 6.07) is 8.95. The standard InChI is InChI=1S/C18H16F2N2O5/c1-26-13-5-2-11(3-6-13)18(25)27-10-17(24)21-9-16(23)22-12-4-7-14(19)15(20)8-12/h2-8H,9-10H2,1H3,(H,21,24)(H,22,23). The molecule has 2 aromatic carbocycles. The van der Waals surface area contributed by atoms with Gasteiger partial charge >= 0.3 is 5.97 Å². The first kappa shape index (κ1) is 19.8. The normalized spacial score (nSPS) is 10.0. The number of hydrogen-bond donors (Lipinski definition) is 2. The van der Waals surface area contributed by atoms with Crippen LogP contribution in [0.5, 0.6) is 5.75 Å². The second kappa shape index (κ2) is 9.27. The van der Waals surface area contributed by atoms with Gasteiger partial charge in [0.1, 0.15) is 5.75 Å². The molecule has 0 aliphatic carbocycles. The van der Waals surface area contributed by atoms with Crippen molar-refractivity contribution in [3.05, 3.63) is 59.7 Å². The molecule has 2 rings (SSSR count). The minimum atomic E-state index is -1.11. The molecular formula is C18H16F2N2O5. The Bertz CT molecular complexity index is 840. The second-order valence-electron chi connectivity index (χ2n) is 5.26. The number of carbonyl (C=O) groups excluding carboxylic acids is 3. The lowest BCUT2D eigenvalue weighted by atomic mass is 10.2. The molecule has 0 aliphatic heterocycles. The minimum absolute atomic E-state index is 0.0408. The smallest absolute Gasteiger partial charge is 0.338 e. The van der Waals surface area contributed by atoms with Crippen molar-refractivity contribution in [3.63, 3.8) is 0 Å². The first-order chi connectivity index (χ1) is 12.9. The van der Waals surface area contributed by atoms with Crippen molar-refractivity contribution in [2.45, 2.75) is 0 Å². The van der Waals surface area contributed by atoms with Gasteiger partial charge < -0.3 is 20.1 Å². The number of halogens is 2. The molecule has 142 valence electrons. The summed E-state index contributed by atoms with van der Waals surface area (Å²) < 4.78 is 35.6. The Morgan fingerprint density at radius 2 is 1.67 bits per heavy atom. The zero-order valence-corrected chi connectivity index (χ0v) is 14.3. The summed E-state index contributed by atoms with van der Waals surface area (Å²) in [5, 5.41) is 4.52. The average Bonchev–Trinajstić information content (AvgIpc) is 2.67. The van der Waals surface area contributed by atoms with E-state index in [1.165, 1.54) is 25.3 Å². The Kier molecular flexibility index (Phi) is 6.81. The summed E-state index contributed by atoms with van der Waals surface area (Å²) >= 11 is 0. The molecule has 0 radical (unpaired) electrons. The zero-order chi connectivity index (χ0) is 19.8. The van der Waals surface area contributed by atoms with E-state index >= 15 is 0 Å². The molecule has 0 heterocycles. The Morgan fingerprint density at radius 3 is 2.30 bits per heavy atom. The molecule has 2 N–H and O–H groups in total. The molecule has 27 heavy (non-hydrogen) atoms. The molecule has 9 heteroatoms. The third-order valence-electron chi connectivity index (χ3n) is 3.31. The summed E-state index contributed by atoms with van der Waals surface area (Å²) in [6.45, 7) is -1.01. The fourth-order valence-electron chi connectivity index (χ4n) is 1.95. The van der Waals surface area contributed by atoms with E-state index in [1.807, 2.05) is 0 Å². The molecule has 0 aliphatic rings. The highest BCUT2D eigenvalue weighted by Crippen LogP contribution is 2.13. The number of benzene rings is 2. The zero-order valence-electron chi connectivity index (χ0n) is 14.3. The van der Waals surface area contributed by atoms with Crippen LogP contribution in [0.4, 0.5) is 14.5 Å². The van der Waals surface area contributed by atoms with E-state index in [0.29, 0.717) is 5.75 Å². The third-order valence-corrected chi connectivity index (χ3v) is 3.31. The number of carbonyl (C=O) groups is 3. The van der Waals surface area contributed by atoms with Crippen LogP contribution in [-0.2, 0) is 14.3 Å². The number of esters is 1. The molecule has 7 nitrogen and oxygen atoms in total. The quantitative estimate of drug-likeness (QED) is 0.718. The number of hydrogen-bond acceptors (Lipinski definition) is 5. The second-order valence-corrected chi connectivity index (χ2v) is 5.26. The van der Waals surface area contributed by atoms with E-state index in [-0.39, 0.29) is 11.3 Å². The van der Waals surface area contributed by atoms with Crippen molar-refractivity contribution in [1.82, 2.24) is 5.32 Å². The topological polar surface area (TPSA) is 93.7 Å². The lowest BCUT2D eigenvalue weighted by Gasteiger charge is -2.08. The summed E-state index contributed by atoms with van der Waals surface area (Å²) in [5.74, 6) is -3.65. The molecule has 0 spiro atoms. The predicted molar refractivity (Wildman–Crippen MR) is 91.3 cm³/mol. The van der Waals surface area contributed by atoms with Crippen molar-refractivity contribution < 1.29 is 32.6 Å². The number of ether oxygens (including phenoxy) is 2. The van der Waals surface area contributed by atoms with Gasteiger partial charge in [-0.1, -0.05) is 0 Å².